The number of hydrogen-bond acceptors (Lipinski definition) is 4. The number of amides is 2. The van der Waals surface area contributed by atoms with Gasteiger partial charge in [0, 0.05) is 10.6 Å². The molecule has 0 saturated carbocycles. The van der Waals surface area contributed by atoms with E-state index in [1.165, 1.54) is 19.2 Å². The third kappa shape index (κ3) is 5.85. The zero-order chi connectivity index (χ0) is 19.3. The fraction of sp³-hybridized carbons (Fsp3) is 0.235. The molecule has 0 fully saturated rings. The number of hydrogen-bond donors (Lipinski definition) is 2. The van der Waals surface area contributed by atoms with E-state index in [4.69, 9.17) is 4.74 Å². The Kier molecular flexibility index (Phi) is 6.38. The smallest absolute Gasteiger partial charge is 0.446 e. The number of hydroxylamine groups is 1. The lowest BCUT2D eigenvalue weighted by Gasteiger charge is -2.13. The second kappa shape index (κ2) is 8.33. The predicted octanol–water partition coefficient (Wildman–Crippen LogP) is 5.39. The number of anilines is 1. The van der Waals surface area contributed by atoms with Crippen molar-refractivity contribution in [3.8, 4) is 11.5 Å². The van der Waals surface area contributed by atoms with Crippen LogP contribution in [0.2, 0.25) is 0 Å². The van der Waals surface area contributed by atoms with Crippen LogP contribution < -0.4 is 15.5 Å². The highest BCUT2D eigenvalue weighted by molar-refractivity contribution is 8.00. The van der Waals surface area contributed by atoms with Crippen LogP contribution in [0.4, 0.5) is 23.7 Å². The molecule has 2 aromatic carbocycles. The first-order valence-corrected chi connectivity index (χ1v) is 8.24. The second-order valence-electron chi connectivity index (χ2n) is 5.31. The summed E-state index contributed by atoms with van der Waals surface area (Å²) >= 11 is -0.156. The van der Waals surface area contributed by atoms with Crippen molar-refractivity contribution in [1.29, 1.82) is 0 Å². The molecule has 26 heavy (non-hydrogen) atoms. The number of benzene rings is 2. The van der Waals surface area contributed by atoms with E-state index >= 15 is 0 Å². The molecule has 0 aliphatic heterocycles. The summed E-state index contributed by atoms with van der Waals surface area (Å²) in [7, 11) is 1.32. The van der Waals surface area contributed by atoms with Crippen LogP contribution in [0.3, 0.4) is 0 Å². The van der Waals surface area contributed by atoms with Crippen LogP contribution in [0.1, 0.15) is 11.1 Å². The molecule has 2 rings (SSSR count). The molecule has 5 nitrogen and oxygen atoms in total. The number of nitrogens with one attached hydrogen (secondary N) is 2. The molecule has 0 aromatic heterocycles. The monoisotopic (exact) mass is 386 g/mol. The summed E-state index contributed by atoms with van der Waals surface area (Å²) in [6.45, 7) is 3.37. The summed E-state index contributed by atoms with van der Waals surface area (Å²) in [5, 5.41) is 2.60. The Morgan fingerprint density at radius 3 is 2.19 bits per heavy atom. The maximum atomic E-state index is 12.5. The molecule has 2 aromatic rings. The summed E-state index contributed by atoms with van der Waals surface area (Å²) in [5.74, 6) is 0.919. The van der Waals surface area contributed by atoms with Crippen molar-refractivity contribution >= 4 is 23.5 Å². The molecule has 0 atom stereocenters. The first kappa shape index (κ1) is 19.9. The van der Waals surface area contributed by atoms with E-state index in [1.54, 1.807) is 38.1 Å². The minimum Gasteiger partial charge on any atom is -0.457 e. The van der Waals surface area contributed by atoms with Crippen LogP contribution in [-0.2, 0) is 4.84 Å². The van der Waals surface area contributed by atoms with E-state index in [2.05, 4.69) is 15.6 Å². The van der Waals surface area contributed by atoms with Crippen LogP contribution in [0, 0.1) is 13.8 Å². The average Bonchev–Trinajstić information content (AvgIpc) is 2.52. The van der Waals surface area contributed by atoms with Gasteiger partial charge >= 0.3 is 11.5 Å². The number of urea groups is 1. The SMILES string of the molecule is CONC(=O)Nc1ccc(Oc2ccc(SC(F)(F)F)c(C)c2)cc1C. The maximum Gasteiger partial charge on any atom is 0.446 e. The Bertz CT molecular complexity index is 797. The fourth-order valence-corrected chi connectivity index (χ4v) is 2.75. The molecular formula is C17H17F3N2O3S. The van der Waals surface area contributed by atoms with Gasteiger partial charge in [-0.3, -0.25) is 4.84 Å². The van der Waals surface area contributed by atoms with Crippen molar-refractivity contribution in [3.63, 3.8) is 0 Å². The van der Waals surface area contributed by atoms with E-state index in [0.717, 1.165) is 5.56 Å². The quantitative estimate of drug-likeness (QED) is 0.534. The largest absolute Gasteiger partial charge is 0.457 e. The first-order valence-electron chi connectivity index (χ1n) is 7.43. The lowest BCUT2D eigenvalue weighted by atomic mass is 10.2. The van der Waals surface area contributed by atoms with Gasteiger partial charge < -0.3 is 10.1 Å². The van der Waals surface area contributed by atoms with Gasteiger partial charge in [-0.2, -0.15) is 13.2 Å². The molecule has 2 N–H and O–H groups in total. The Morgan fingerprint density at radius 2 is 1.65 bits per heavy atom. The Morgan fingerprint density at radius 1 is 1.04 bits per heavy atom. The van der Waals surface area contributed by atoms with Crippen molar-refractivity contribution in [3.05, 3.63) is 47.5 Å². The normalized spacial score (nSPS) is 11.2. The summed E-state index contributed by atoms with van der Waals surface area (Å²) < 4.78 is 43.1. The van der Waals surface area contributed by atoms with Crippen molar-refractivity contribution in [1.82, 2.24) is 5.48 Å². The zero-order valence-corrected chi connectivity index (χ0v) is 15.0. The van der Waals surface area contributed by atoms with Crippen molar-refractivity contribution in [2.24, 2.45) is 0 Å². The number of thioether (sulfide) groups is 1. The fourth-order valence-electron chi connectivity index (χ4n) is 2.14. The van der Waals surface area contributed by atoms with E-state index in [9.17, 15) is 18.0 Å². The molecule has 0 bridgehead atoms. The molecule has 0 spiro atoms. The Hall–Kier alpha value is -2.39. The third-order valence-corrected chi connectivity index (χ3v) is 4.16. The number of ether oxygens (including phenoxy) is 1. The lowest BCUT2D eigenvalue weighted by molar-refractivity contribution is -0.0328. The summed E-state index contributed by atoms with van der Waals surface area (Å²) in [6, 6.07) is 8.88. The van der Waals surface area contributed by atoms with Gasteiger partial charge in [0.15, 0.2) is 0 Å². The number of aryl methyl sites for hydroxylation is 2. The molecule has 2 amide bonds. The van der Waals surface area contributed by atoms with Gasteiger partial charge in [-0.15, -0.1) is 0 Å². The molecule has 0 unspecified atom stereocenters. The topological polar surface area (TPSA) is 59.6 Å². The molecule has 0 radical (unpaired) electrons. The summed E-state index contributed by atoms with van der Waals surface area (Å²) in [6.07, 6.45) is 0. The Balaban J connectivity index is 2.10. The minimum atomic E-state index is -4.33. The molecule has 0 saturated heterocycles. The number of alkyl halides is 3. The van der Waals surface area contributed by atoms with E-state index in [1.807, 2.05) is 0 Å². The van der Waals surface area contributed by atoms with E-state index < -0.39 is 11.5 Å². The average molecular weight is 386 g/mol. The van der Waals surface area contributed by atoms with Gasteiger partial charge in [0.1, 0.15) is 11.5 Å². The number of rotatable bonds is 5. The van der Waals surface area contributed by atoms with Crippen LogP contribution >= 0.6 is 11.8 Å². The number of halogens is 3. The second-order valence-corrected chi connectivity index (χ2v) is 6.42. The van der Waals surface area contributed by atoms with E-state index in [0.29, 0.717) is 22.7 Å². The highest BCUT2D eigenvalue weighted by Crippen LogP contribution is 2.39. The van der Waals surface area contributed by atoms with Crippen molar-refractivity contribution < 1.29 is 27.5 Å². The highest BCUT2D eigenvalue weighted by atomic mass is 32.2. The maximum absolute atomic E-state index is 12.5. The highest BCUT2D eigenvalue weighted by Gasteiger charge is 2.29. The molecule has 0 aliphatic rings. The molecule has 0 heterocycles. The van der Waals surface area contributed by atoms with Crippen LogP contribution in [0.25, 0.3) is 0 Å². The predicted molar refractivity (Wildman–Crippen MR) is 93.5 cm³/mol. The van der Waals surface area contributed by atoms with Crippen LogP contribution in [0.15, 0.2) is 41.3 Å². The summed E-state index contributed by atoms with van der Waals surface area (Å²) in [5.41, 5.74) is -0.408. The number of carbonyl (C=O) groups is 1. The van der Waals surface area contributed by atoms with Gasteiger partial charge in [0.05, 0.1) is 7.11 Å². The van der Waals surface area contributed by atoms with Gasteiger partial charge in [-0.25, -0.2) is 10.3 Å². The van der Waals surface area contributed by atoms with Crippen molar-refractivity contribution in [2.75, 3.05) is 12.4 Å². The summed E-state index contributed by atoms with van der Waals surface area (Å²) in [4.78, 5) is 16.1. The van der Waals surface area contributed by atoms with Crippen LogP contribution in [0.5, 0.6) is 11.5 Å². The standard InChI is InChI=1S/C17H17F3N2O3S/c1-10-8-12(4-6-14(10)21-16(23)22-24-3)25-13-5-7-15(11(2)9-13)26-17(18,19)20/h4-9H,1-3H3,(H2,21,22,23). The lowest BCUT2D eigenvalue weighted by Crippen LogP contribution is -2.27. The van der Waals surface area contributed by atoms with E-state index in [-0.39, 0.29) is 16.7 Å². The third-order valence-electron chi connectivity index (χ3n) is 3.25. The molecule has 140 valence electrons. The first-order chi connectivity index (χ1) is 12.2. The molecule has 0 aliphatic carbocycles. The van der Waals surface area contributed by atoms with Crippen LogP contribution in [-0.4, -0.2) is 18.6 Å². The number of carbonyl (C=O) groups excluding carboxylic acids is 1. The van der Waals surface area contributed by atoms with Gasteiger partial charge in [-0.05, 0) is 73.1 Å². The minimum absolute atomic E-state index is 0.129. The molecule has 9 heteroatoms. The van der Waals surface area contributed by atoms with Gasteiger partial charge in [-0.1, -0.05) is 0 Å². The van der Waals surface area contributed by atoms with Gasteiger partial charge in [0.25, 0.3) is 0 Å². The van der Waals surface area contributed by atoms with Crippen molar-refractivity contribution in [2.45, 2.75) is 24.3 Å². The van der Waals surface area contributed by atoms with Gasteiger partial charge in [0.2, 0.25) is 0 Å². The molecular weight excluding hydrogens is 369 g/mol. The Labute approximate surface area is 152 Å². The zero-order valence-electron chi connectivity index (χ0n) is 14.2.